The number of nitrogens with one attached hydrogen (secondary N) is 5. The lowest BCUT2D eigenvalue weighted by atomic mass is 9.91. The van der Waals surface area contributed by atoms with Crippen LogP contribution in [0.4, 0.5) is 10.6 Å². The van der Waals surface area contributed by atoms with Crippen LogP contribution in [-0.4, -0.2) is 116 Å². The summed E-state index contributed by atoms with van der Waals surface area (Å²) >= 11 is 0. The minimum atomic E-state index is -1.53. The van der Waals surface area contributed by atoms with Gasteiger partial charge in [0.1, 0.15) is 12.2 Å². The van der Waals surface area contributed by atoms with Crippen LogP contribution in [0.2, 0.25) is 0 Å². The second kappa shape index (κ2) is 20.0. The average Bonchev–Trinajstić information content (AvgIpc) is 3.79. The van der Waals surface area contributed by atoms with E-state index in [4.69, 9.17) is 4.74 Å². The Kier molecular flexibility index (Phi) is 14.3. The number of aliphatic hydroxyl groups excluding tert-OH is 2. The Labute approximate surface area is 337 Å². The number of fused-ring (bicyclic) bond motifs is 1. The van der Waals surface area contributed by atoms with Gasteiger partial charge >= 0.3 is 6.03 Å². The first kappa shape index (κ1) is 41.7. The highest BCUT2D eigenvalue weighted by Gasteiger charge is 2.47. The Balaban J connectivity index is 1.15. The molecule has 2 aromatic heterocycles. The second-order valence-corrected chi connectivity index (χ2v) is 14.3. The molecule has 0 bridgehead atoms. The minimum absolute atomic E-state index is 0.0801. The molecular weight excluding hydrogens is 741 g/mol. The molecule has 3 heterocycles. The fraction of sp³-hybridized carbons (Fsp3) is 0.381. The molecule has 0 spiro atoms. The first-order chi connectivity index (χ1) is 28.1. The van der Waals surface area contributed by atoms with E-state index in [1.807, 2.05) is 78.9 Å². The standard InChI is InChI=1S/C42H52N10O6/c1-4-43-39(55)35-33(53)34(54)41(58-35)52-26-48-32-36(47-24-31(29-16-10-6-11-17-29)30-18-12-7-13-19-30)49-37(50-38(32)52)40(56)44-20-21-45-42(57)46-22-23-51(27(2)3)25-28-14-8-5-9-15-28/h5-19,26-27,31,33-35,41,53-54H,4,20-25H2,1-3H3,(H,43,55)(H,44,56)(H2,45,46,57)(H,47,49,50)/t33-,34+,35-,41?/m0/s1. The molecule has 1 fully saturated rings. The number of likely N-dealkylation sites (N-methyl/N-ethyl adjacent to an activating group) is 1. The maximum atomic E-state index is 13.6. The van der Waals surface area contributed by atoms with Crippen molar-refractivity contribution in [2.75, 3.05) is 44.6 Å². The fourth-order valence-corrected chi connectivity index (χ4v) is 6.85. The Bertz CT molecular complexity index is 2060. The smallest absolute Gasteiger partial charge is 0.314 e. The Morgan fingerprint density at radius 3 is 2.07 bits per heavy atom. The van der Waals surface area contributed by atoms with Crippen molar-refractivity contribution in [2.24, 2.45) is 0 Å². The molecule has 306 valence electrons. The lowest BCUT2D eigenvalue weighted by molar-refractivity contribution is -0.137. The van der Waals surface area contributed by atoms with Crippen molar-refractivity contribution in [1.82, 2.24) is 45.7 Å². The molecule has 1 aliphatic heterocycles. The van der Waals surface area contributed by atoms with Gasteiger partial charge in [-0.15, -0.1) is 0 Å². The van der Waals surface area contributed by atoms with Gasteiger partial charge in [0.2, 0.25) is 5.82 Å². The van der Waals surface area contributed by atoms with Crippen LogP contribution in [-0.2, 0) is 16.1 Å². The van der Waals surface area contributed by atoms with Gasteiger partial charge in [-0.3, -0.25) is 19.1 Å². The van der Waals surface area contributed by atoms with Crippen molar-refractivity contribution in [3.8, 4) is 0 Å². The molecule has 0 saturated carbocycles. The zero-order valence-corrected chi connectivity index (χ0v) is 32.9. The first-order valence-electron chi connectivity index (χ1n) is 19.6. The molecule has 16 nitrogen and oxygen atoms in total. The number of aliphatic hydroxyl groups is 2. The van der Waals surface area contributed by atoms with E-state index in [9.17, 15) is 24.6 Å². The maximum absolute atomic E-state index is 13.6. The van der Waals surface area contributed by atoms with Crippen molar-refractivity contribution in [1.29, 1.82) is 0 Å². The minimum Gasteiger partial charge on any atom is -0.387 e. The molecule has 6 rings (SSSR count). The molecule has 5 aromatic rings. The molecule has 7 N–H and O–H groups in total. The number of anilines is 1. The van der Waals surface area contributed by atoms with Crippen LogP contribution in [0.1, 0.15) is 60.2 Å². The van der Waals surface area contributed by atoms with E-state index >= 15 is 0 Å². The van der Waals surface area contributed by atoms with Crippen molar-refractivity contribution in [2.45, 2.75) is 63.8 Å². The summed E-state index contributed by atoms with van der Waals surface area (Å²) in [5, 5.41) is 36.2. The SMILES string of the molecule is CCNC(=O)[C@H]1OC(n2cnc3c(NCC(c4ccccc4)c4ccccc4)nc(C(=O)NCCNC(=O)NCCN(Cc4ccccc4)C(C)C)nc32)[C@H](O)[C@@H]1O. The number of urea groups is 1. The van der Waals surface area contributed by atoms with Gasteiger partial charge in [0.25, 0.3) is 11.8 Å². The molecule has 1 saturated heterocycles. The highest BCUT2D eigenvalue weighted by Crippen LogP contribution is 2.33. The number of benzene rings is 3. The van der Waals surface area contributed by atoms with E-state index < -0.39 is 36.4 Å². The van der Waals surface area contributed by atoms with Crippen LogP contribution in [0.3, 0.4) is 0 Å². The molecule has 1 aliphatic rings. The summed E-state index contributed by atoms with van der Waals surface area (Å²) in [4.78, 5) is 54.8. The fourth-order valence-electron chi connectivity index (χ4n) is 6.85. The van der Waals surface area contributed by atoms with Gasteiger partial charge in [0, 0.05) is 57.8 Å². The van der Waals surface area contributed by atoms with Crippen LogP contribution < -0.4 is 26.6 Å². The van der Waals surface area contributed by atoms with Crippen LogP contribution in [0.25, 0.3) is 11.2 Å². The number of carbonyl (C=O) groups is 3. The third kappa shape index (κ3) is 10.3. The number of rotatable bonds is 18. The Hall–Kier alpha value is -5.94. The van der Waals surface area contributed by atoms with Crippen molar-refractivity contribution in [3.05, 3.63) is 120 Å². The molecule has 0 aliphatic carbocycles. The van der Waals surface area contributed by atoms with E-state index in [-0.39, 0.29) is 53.9 Å². The van der Waals surface area contributed by atoms with Crippen molar-refractivity contribution < 1.29 is 29.3 Å². The Morgan fingerprint density at radius 1 is 0.810 bits per heavy atom. The quantitative estimate of drug-likeness (QED) is 0.0643. The predicted molar refractivity (Wildman–Crippen MR) is 219 cm³/mol. The summed E-state index contributed by atoms with van der Waals surface area (Å²) in [6.45, 7) is 8.73. The molecular formula is C42H52N10O6. The predicted octanol–water partition coefficient (Wildman–Crippen LogP) is 2.77. The van der Waals surface area contributed by atoms with Crippen LogP contribution in [0.5, 0.6) is 0 Å². The van der Waals surface area contributed by atoms with E-state index in [1.165, 1.54) is 16.5 Å². The highest BCUT2D eigenvalue weighted by atomic mass is 16.6. The van der Waals surface area contributed by atoms with E-state index in [0.717, 1.165) is 17.7 Å². The number of carbonyl (C=O) groups excluding carboxylic acids is 3. The summed E-state index contributed by atoms with van der Waals surface area (Å²) < 4.78 is 7.25. The van der Waals surface area contributed by atoms with Gasteiger partial charge in [-0.1, -0.05) is 91.0 Å². The number of imidazole rings is 1. The molecule has 4 amide bonds. The van der Waals surface area contributed by atoms with Gasteiger partial charge in [-0.05, 0) is 37.5 Å². The summed E-state index contributed by atoms with van der Waals surface area (Å²) in [6.07, 6.45) is -4.26. The molecule has 1 unspecified atom stereocenters. The van der Waals surface area contributed by atoms with Crippen molar-refractivity contribution >= 4 is 34.8 Å². The lowest BCUT2D eigenvalue weighted by Gasteiger charge is -2.26. The highest BCUT2D eigenvalue weighted by molar-refractivity contribution is 5.94. The number of aromatic nitrogens is 4. The van der Waals surface area contributed by atoms with Crippen LogP contribution in [0, 0.1) is 0 Å². The second-order valence-electron chi connectivity index (χ2n) is 14.3. The lowest BCUT2D eigenvalue weighted by Crippen LogP contribution is -2.44. The topological polar surface area (TPSA) is 208 Å². The number of hydrogen-bond acceptors (Lipinski definition) is 11. The summed E-state index contributed by atoms with van der Waals surface area (Å²) in [5.41, 5.74) is 3.73. The van der Waals surface area contributed by atoms with Gasteiger partial charge in [-0.25, -0.2) is 19.7 Å². The number of hydrogen-bond donors (Lipinski definition) is 7. The average molecular weight is 793 g/mol. The summed E-state index contributed by atoms with van der Waals surface area (Å²) in [7, 11) is 0. The molecule has 16 heteroatoms. The largest absolute Gasteiger partial charge is 0.387 e. The van der Waals surface area contributed by atoms with E-state index in [0.29, 0.717) is 26.2 Å². The zero-order valence-electron chi connectivity index (χ0n) is 32.9. The summed E-state index contributed by atoms with van der Waals surface area (Å²) in [5.74, 6) is -1.26. The van der Waals surface area contributed by atoms with Gasteiger partial charge < -0.3 is 41.5 Å². The zero-order chi connectivity index (χ0) is 41.0. The van der Waals surface area contributed by atoms with Crippen molar-refractivity contribution in [3.63, 3.8) is 0 Å². The van der Waals surface area contributed by atoms with Gasteiger partial charge in [0.05, 0.1) is 6.33 Å². The molecule has 3 aromatic carbocycles. The monoisotopic (exact) mass is 792 g/mol. The molecule has 4 atom stereocenters. The maximum Gasteiger partial charge on any atom is 0.314 e. The van der Waals surface area contributed by atoms with Crippen LogP contribution in [0.15, 0.2) is 97.3 Å². The number of ether oxygens (including phenoxy) is 1. The Morgan fingerprint density at radius 2 is 1.43 bits per heavy atom. The van der Waals surface area contributed by atoms with E-state index in [2.05, 4.69) is 72.4 Å². The number of nitrogens with zero attached hydrogens (tertiary/aromatic N) is 5. The van der Waals surface area contributed by atoms with Gasteiger partial charge in [0.15, 0.2) is 29.3 Å². The van der Waals surface area contributed by atoms with Crippen LogP contribution >= 0.6 is 0 Å². The van der Waals surface area contributed by atoms with Gasteiger partial charge in [-0.2, -0.15) is 0 Å². The first-order valence-corrected chi connectivity index (χ1v) is 19.6. The number of amides is 4. The third-order valence-electron chi connectivity index (χ3n) is 9.96. The molecule has 0 radical (unpaired) electrons. The van der Waals surface area contributed by atoms with E-state index in [1.54, 1.807) is 6.92 Å². The summed E-state index contributed by atoms with van der Waals surface area (Å²) in [6, 6.07) is 30.0. The normalized spacial score (nSPS) is 17.8. The molecule has 58 heavy (non-hydrogen) atoms. The third-order valence-corrected chi connectivity index (χ3v) is 9.96.